The molecule has 1 nitrogen and oxygen atoms in total. The zero-order chi connectivity index (χ0) is 11.6. The number of hydrogen-bond donors (Lipinski definition) is 0. The first-order chi connectivity index (χ1) is 7.69. The molecule has 0 radical (unpaired) electrons. The molecule has 2 rings (SSSR count). The van der Waals surface area contributed by atoms with Gasteiger partial charge in [0.05, 0.1) is 11.6 Å². The average molecular weight is 304 g/mol. The third-order valence-electron chi connectivity index (χ3n) is 3.49. The highest BCUT2D eigenvalue weighted by Gasteiger charge is 2.36. The van der Waals surface area contributed by atoms with Gasteiger partial charge in [-0.2, -0.15) is 0 Å². The Morgan fingerprint density at radius 2 is 2.19 bits per heavy atom. The summed E-state index contributed by atoms with van der Waals surface area (Å²) in [5.74, 6) is 1.66. The maximum Gasteiger partial charge on any atom is 0.133 e. The highest BCUT2D eigenvalue weighted by molar-refractivity contribution is 9.10. The van der Waals surface area contributed by atoms with E-state index in [1.165, 1.54) is 24.8 Å². The van der Waals surface area contributed by atoms with E-state index in [0.717, 1.165) is 22.5 Å². The van der Waals surface area contributed by atoms with Crippen molar-refractivity contribution in [3.8, 4) is 5.75 Å². The molecule has 0 aromatic heterocycles. The van der Waals surface area contributed by atoms with E-state index < -0.39 is 0 Å². The van der Waals surface area contributed by atoms with Gasteiger partial charge in [-0.1, -0.05) is 12.5 Å². The minimum Gasteiger partial charge on any atom is -0.496 e. The van der Waals surface area contributed by atoms with Crippen LogP contribution in [-0.4, -0.2) is 13.0 Å². The van der Waals surface area contributed by atoms with Crippen LogP contribution in [0.15, 0.2) is 22.7 Å². The second-order valence-electron chi connectivity index (χ2n) is 4.63. The predicted octanol–water partition coefficient (Wildman–Crippen LogP) is 4.41. The Hall–Kier alpha value is -0.210. The molecule has 1 fully saturated rings. The zero-order valence-corrected chi connectivity index (χ0v) is 11.8. The molecule has 1 saturated carbocycles. The van der Waals surface area contributed by atoms with E-state index in [1.807, 2.05) is 6.07 Å². The third-order valence-corrected chi connectivity index (χ3v) is 4.68. The smallest absolute Gasteiger partial charge is 0.133 e. The molecule has 3 heteroatoms. The number of ether oxygens (including phenoxy) is 1. The molecule has 0 atom stereocenters. The molecule has 0 spiro atoms. The molecule has 88 valence electrons. The third kappa shape index (κ3) is 2.38. The highest BCUT2D eigenvalue weighted by Crippen LogP contribution is 2.45. The lowest BCUT2D eigenvalue weighted by atomic mass is 9.67. The Labute approximate surface area is 110 Å². The summed E-state index contributed by atoms with van der Waals surface area (Å²) in [7, 11) is 1.69. The Bertz CT molecular complexity index is 369. The number of hydrogen-bond acceptors (Lipinski definition) is 1. The van der Waals surface area contributed by atoms with Crippen LogP contribution in [0.2, 0.25) is 0 Å². The summed E-state index contributed by atoms with van der Waals surface area (Å²) in [4.78, 5) is 0. The minimum atomic E-state index is 0.357. The molecule has 1 aliphatic carbocycles. The SMILES string of the molecule is COc1ccc(CC2(CCl)CCC2)cc1Br. The highest BCUT2D eigenvalue weighted by atomic mass is 79.9. The standard InChI is InChI=1S/C13H16BrClO/c1-16-12-4-3-10(7-11(12)14)8-13(9-15)5-2-6-13/h3-4,7H,2,5-6,8-9H2,1H3. The molecular formula is C13H16BrClO. The molecule has 16 heavy (non-hydrogen) atoms. The summed E-state index contributed by atoms with van der Waals surface area (Å²) in [6.07, 6.45) is 4.93. The lowest BCUT2D eigenvalue weighted by Crippen LogP contribution is -2.33. The van der Waals surface area contributed by atoms with Gasteiger partial charge in [0.1, 0.15) is 5.75 Å². The molecule has 0 amide bonds. The second kappa shape index (κ2) is 4.97. The number of halogens is 2. The van der Waals surface area contributed by atoms with Crippen molar-refractivity contribution in [3.63, 3.8) is 0 Å². The van der Waals surface area contributed by atoms with Gasteiger partial charge in [-0.15, -0.1) is 11.6 Å². The molecule has 0 unspecified atom stereocenters. The van der Waals surface area contributed by atoms with Crippen LogP contribution in [0.4, 0.5) is 0 Å². The Kier molecular flexibility index (Phi) is 3.81. The number of methoxy groups -OCH3 is 1. The van der Waals surface area contributed by atoms with Gasteiger partial charge >= 0.3 is 0 Å². The number of rotatable bonds is 4. The molecule has 0 N–H and O–H groups in total. The van der Waals surface area contributed by atoms with Gasteiger partial charge in [0.25, 0.3) is 0 Å². The van der Waals surface area contributed by atoms with Gasteiger partial charge in [0, 0.05) is 5.88 Å². The molecule has 1 aliphatic rings. The van der Waals surface area contributed by atoms with Crippen LogP contribution in [0, 0.1) is 5.41 Å². The van der Waals surface area contributed by atoms with Crippen molar-refractivity contribution in [2.24, 2.45) is 5.41 Å². The van der Waals surface area contributed by atoms with Gasteiger partial charge in [-0.25, -0.2) is 0 Å². The van der Waals surface area contributed by atoms with Crippen molar-refractivity contribution in [1.82, 2.24) is 0 Å². The van der Waals surface area contributed by atoms with Gasteiger partial charge in [0.15, 0.2) is 0 Å². The molecule has 0 heterocycles. The number of alkyl halides is 1. The molecule has 1 aromatic rings. The maximum atomic E-state index is 6.07. The summed E-state index contributed by atoms with van der Waals surface area (Å²) in [5, 5.41) is 0. The lowest BCUT2D eigenvalue weighted by molar-refractivity contribution is 0.166. The van der Waals surface area contributed by atoms with Crippen LogP contribution < -0.4 is 4.74 Å². The van der Waals surface area contributed by atoms with Crippen LogP contribution in [0.1, 0.15) is 24.8 Å². The maximum absolute atomic E-state index is 6.07. The topological polar surface area (TPSA) is 9.23 Å². The fraction of sp³-hybridized carbons (Fsp3) is 0.538. The van der Waals surface area contributed by atoms with Crippen molar-refractivity contribution in [3.05, 3.63) is 28.2 Å². The first-order valence-corrected chi connectivity index (χ1v) is 6.90. The molecule has 0 aliphatic heterocycles. The predicted molar refractivity (Wildman–Crippen MR) is 71.4 cm³/mol. The summed E-state index contributed by atoms with van der Waals surface area (Å²) >= 11 is 9.59. The molecule has 0 bridgehead atoms. The van der Waals surface area contributed by atoms with Crippen molar-refractivity contribution in [1.29, 1.82) is 0 Å². The van der Waals surface area contributed by atoms with E-state index in [-0.39, 0.29) is 0 Å². The van der Waals surface area contributed by atoms with Crippen molar-refractivity contribution >= 4 is 27.5 Å². The van der Waals surface area contributed by atoms with Crippen LogP contribution in [0.5, 0.6) is 5.75 Å². The molecule has 1 aromatic carbocycles. The van der Waals surface area contributed by atoms with Crippen LogP contribution in [0.3, 0.4) is 0 Å². The van der Waals surface area contributed by atoms with Crippen molar-refractivity contribution < 1.29 is 4.74 Å². The Morgan fingerprint density at radius 1 is 1.44 bits per heavy atom. The zero-order valence-electron chi connectivity index (χ0n) is 9.43. The van der Waals surface area contributed by atoms with Gasteiger partial charge in [-0.05, 0) is 58.3 Å². The van der Waals surface area contributed by atoms with Crippen LogP contribution >= 0.6 is 27.5 Å². The Morgan fingerprint density at radius 3 is 2.62 bits per heavy atom. The van der Waals surface area contributed by atoms with Crippen molar-refractivity contribution in [2.45, 2.75) is 25.7 Å². The Balaban J connectivity index is 2.13. The first kappa shape index (κ1) is 12.3. The lowest BCUT2D eigenvalue weighted by Gasteiger charge is -2.40. The summed E-state index contributed by atoms with van der Waals surface area (Å²) < 4.78 is 6.25. The number of benzene rings is 1. The molecule has 0 saturated heterocycles. The normalized spacial score (nSPS) is 17.9. The quantitative estimate of drug-likeness (QED) is 0.749. The fourth-order valence-corrected chi connectivity index (χ4v) is 3.24. The second-order valence-corrected chi connectivity index (χ2v) is 5.75. The van der Waals surface area contributed by atoms with E-state index >= 15 is 0 Å². The average Bonchev–Trinajstić information content (AvgIpc) is 2.24. The van der Waals surface area contributed by atoms with E-state index in [2.05, 4.69) is 28.1 Å². The fourth-order valence-electron chi connectivity index (χ4n) is 2.29. The van der Waals surface area contributed by atoms with Gasteiger partial charge in [-0.3, -0.25) is 0 Å². The summed E-state index contributed by atoms with van der Waals surface area (Å²) in [5.41, 5.74) is 1.70. The van der Waals surface area contributed by atoms with Crippen LogP contribution in [0.25, 0.3) is 0 Å². The minimum absolute atomic E-state index is 0.357. The van der Waals surface area contributed by atoms with E-state index in [0.29, 0.717) is 5.41 Å². The first-order valence-electron chi connectivity index (χ1n) is 5.57. The monoisotopic (exact) mass is 302 g/mol. The van der Waals surface area contributed by atoms with E-state index in [9.17, 15) is 0 Å². The van der Waals surface area contributed by atoms with Gasteiger partial charge < -0.3 is 4.74 Å². The van der Waals surface area contributed by atoms with E-state index in [1.54, 1.807) is 7.11 Å². The van der Waals surface area contributed by atoms with Gasteiger partial charge in [0.2, 0.25) is 0 Å². The summed E-state index contributed by atoms with van der Waals surface area (Å²) in [6, 6.07) is 6.29. The van der Waals surface area contributed by atoms with Crippen LogP contribution in [-0.2, 0) is 6.42 Å². The van der Waals surface area contributed by atoms with Crippen molar-refractivity contribution in [2.75, 3.05) is 13.0 Å². The molecular weight excluding hydrogens is 287 g/mol. The van der Waals surface area contributed by atoms with E-state index in [4.69, 9.17) is 16.3 Å². The summed E-state index contributed by atoms with van der Waals surface area (Å²) in [6.45, 7) is 0. The largest absolute Gasteiger partial charge is 0.496 e.